The molecule has 17 heavy (non-hydrogen) atoms. The van der Waals surface area contributed by atoms with Crippen molar-refractivity contribution in [2.24, 2.45) is 5.92 Å². The van der Waals surface area contributed by atoms with Crippen LogP contribution in [0.3, 0.4) is 0 Å². The second kappa shape index (κ2) is 4.62. The number of para-hydroxylation sites is 2. The first-order valence-corrected chi connectivity index (χ1v) is 5.82. The maximum atomic E-state index is 12.0. The molecule has 1 heterocycles. The summed E-state index contributed by atoms with van der Waals surface area (Å²) < 4.78 is 0. The highest BCUT2D eigenvalue weighted by Crippen LogP contribution is 2.32. The molecule has 0 radical (unpaired) electrons. The highest BCUT2D eigenvalue weighted by Gasteiger charge is 2.30. The van der Waals surface area contributed by atoms with Crippen molar-refractivity contribution in [3.8, 4) is 0 Å². The van der Waals surface area contributed by atoms with Gasteiger partial charge >= 0.3 is 0 Å². The van der Waals surface area contributed by atoms with Gasteiger partial charge in [0.15, 0.2) is 0 Å². The van der Waals surface area contributed by atoms with Gasteiger partial charge in [0, 0.05) is 33.0 Å². The van der Waals surface area contributed by atoms with Crippen LogP contribution in [-0.2, 0) is 4.79 Å². The number of benzene rings is 1. The normalized spacial score (nSPS) is 19.5. The Balaban J connectivity index is 2.34. The lowest BCUT2D eigenvalue weighted by molar-refractivity contribution is -0.117. The van der Waals surface area contributed by atoms with Crippen LogP contribution in [0, 0.1) is 5.92 Å². The van der Waals surface area contributed by atoms with Crippen LogP contribution in [0.2, 0.25) is 0 Å². The molecule has 3 nitrogen and oxygen atoms in total. The fourth-order valence-electron chi connectivity index (χ4n) is 2.20. The highest BCUT2D eigenvalue weighted by molar-refractivity contribution is 5.99. The molecule has 1 saturated heterocycles. The predicted molar refractivity (Wildman–Crippen MR) is 71.4 cm³/mol. The van der Waals surface area contributed by atoms with Crippen molar-refractivity contribution in [2.75, 3.05) is 30.4 Å². The summed E-state index contributed by atoms with van der Waals surface area (Å²) >= 11 is 0. The minimum Gasteiger partial charge on any atom is -0.376 e. The monoisotopic (exact) mass is 230 g/mol. The molecule has 1 aromatic carbocycles. The van der Waals surface area contributed by atoms with Crippen LogP contribution in [0.25, 0.3) is 0 Å². The second-order valence-corrected chi connectivity index (χ2v) is 4.59. The molecule has 1 aromatic rings. The van der Waals surface area contributed by atoms with Gasteiger partial charge in [-0.1, -0.05) is 18.2 Å². The maximum absolute atomic E-state index is 12.0. The lowest BCUT2D eigenvalue weighted by atomic mass is 10.1. The van der Waals surface area contributed by atoms with Crippen molar-refractivity contribution in [2.45, 2.75) is 6.42 Å². The van der Waals surface area contributed by atoms with E-state index in [4.69, 9.17) is 0 Å². The number of hydrogen-bond donors (Lipinski definition) is 0. The van der Waals surface area contributed by atoms with Crippen molar-refractivity contribution in [1.82, 2.24) is 0 Å². The summed E-state index contributed by atoms with van der Waals surface area (Å²) in [7, 11) is 3.98. The molecule has 1 fully saturated rings. The third-order valence-corrected chi connectivity index (χ3v) is 3.14. The molecule has 90 valence electrons. The van der Waals surface area contributed by atoms with Crippen molar-refractivity contribution < 1.29 is 4.79 Å². The van der Waals surface area contributed by atoms with E-state index in [1.807, 2.05) is 54.2 Å². The number of carbonyl (C=O) groups is 1. The third kappa shape index (κ3) is 2.18. The van der Waals surface area contributed by atoms with Gasteiger partial charge in [-0.2, -0.15) is 0 Å². The van der Waals surface area contributed by atoms with Crippen LogP contribution in [-0.4, -0.2) is 26.5 Å². The molecule has 0 aromatic heterocycles. The maximum Gasteiger partial charge on any atom is 0.227 e. The van der Waals surface area contributed by atoms with Crippen molar-refractivity contribution in [3.05, 3.63) is 36.9 Å². The first-order valence-electron chi connectivity index (χ1n) is 5.82. The number of nitrogens with zero attached hydrogens (tertiary/aromatic N) is 2. The summed E-state index contributed by atoms with van der Waals surface area (Å²) in [5, 5.41) is 0. The van der Waals surface area contributed by atoms with Crippen LogP contribution >= 0.6 is 0 Å². The fourth-order valence-corrected chi connectivity index (χ4v) is 2.20. The van der Waals surface area contributed by atoms with Crippen LogP contribution in [0.5, 0.6) is 0 Å². The largest absolute Gasteiger partial charge is 0.376 e. The Morgan fingerprint density at radius 1 is 1.41 bits per heavy atom. The van der Waals surface area contributed by atoms with E-state index in [1.165, 1.54) is 0 Å². The Kier molecular flexibility index (Phi) is 3.18. The molecular weight excluding hydrogens is 212 g/mol. The minimum absolute atomic E-state index is 0.184. The zero-order valence-corrected chi connectivity index (χ0v) is 10.4. The summed E-state index contributed by atoms with van der Waals surface area (Å²) in [6, 6.07) is 7.99. The molecule has 1 atom stereocenters. The molecule has 0 spiro atoms. The van der Waals surface area contributed by atoms with Crippen LogP contribution in [0.15, 0.2) is 36.9 Å². The number of anilines is 2. The van der Waals surface area contributed by atoms with Gasteiger partial charge in [0.2, 0.25) is 5.91 Å². The lowest BCUT2D eigenvalue weighted by Gasteiger charge is -2.23. The molecule has 1 aliphatic rings. The van der Waals surface area contributed by atoms with Gasteiger partial charge in [-0.3, -0.25) is 4.79 Å². The van der Waals surface area contributed by atoms with Crippen LogP contribution in [0.4, 0.5) is 11.4 Å². The Bertz CT molecular complexity index is 440. The van der Waals surface area contributed by atoms with Gasteiger partial charge in [0.1, 0.15) is 0 Å². The van der Waals surface area contributed by atoms with E-state index in [9.17, 15) is 4.79 Å². The number of rotatable bonds is 3. The highest BCUT2D eigenvalue weighted by atomic mass is 16.2. The van der Waals surface area contributed by atoms with Crippen LogP contribution in [0.1, 0.15) is 6.42 Å². The second-order valence-electron chi connectivity index (χ2n) is 4.59. The fraction of sp³-hybridized carbons (Fsp3) is 0.357. The summed E-state index contributed by atoms with van der Waals surface area (Å²) in [5.41, 5.74) is 2.07. The quantitative estimate of drug-likeness (QED) is 0.744. The molecule has 0 bridgehead atoms. The van der Waals surface area contributed by atoms with Gasteiger partial charge in [0.25, 0.3) is 0 Å². The number of hydrogen-bond acceptors (Lipinski definition) is 2. The SMILES string of the molecule is C=CC1CC(=O)N(c2ccccc2N(C)C)C1. The van der Waals surface area contributed by atoms with Gasteiger partial charge in [-0.25, -0.2) is 0 Å². The van der Waals surface area contributed by atoms with Crippen molar-refractivity contribution in [1.29, 1.82) is 0 Å². The van der Waals surface area contributed by atoms with Gasteiger partial charge in [0.05, 0.1) is 11.4 Å². The smallest absolute Gasteiger partial charge is 0.227 e. The molecule has 2 rings (SSSR count). The first-order chi connectivity index (χ1) is 8.13. The molecular formula is C14H18N2O. The zero-order chi connectivity index (χ0) is 12.4. The Hall–Kier alpha value is -1.77. The van der Waals surface area contributed by atoms with E-state index in [0.717, 1.165) is 17.9 Å². The first kappa shape index (κ1) is 11.7. The summed E-state index contributed by atoms with van der Waals surface area (Å²) in [5.74, 6) is 0.460. The average molecular weight is 230 g/mol. The molecule has 0 N–H and O–H groups in total. The summed E-state index contributed by atoms with van der Waals surface area (Å²) in [6.45, 7) is 4.52. The van der Waals surface area contributed by atoms with E-state index in [-0.39, 0.29) is 11.8 Å². The average Bonchev–Trinajstić information content (AvgIpc) is 2.70. The Labute approximate surface area is 102 Å². The number of amides is 1. The topological polar surface area (TPSA) is 23.6 Å². The molecule has 1 amide bonds. The van der Waals surface area contributed by atoms with E-state index in [2.05, 4.69) is 6.58 Å². The van der Waals surface area contributed by atoms with Crippen LogP contribution < -0.4 is 9.80 Å². The van der Waals surface area contributed by atoms with E-state index in [0.29, 0.717) is 6.42 Å². The summed E-state index contributed by atoms with van der Waals surface area (Å²) in [4.78, 5) is 15.9. The molecule has 1 aliphatic heterocycles. The van der Waals surface area contributed by atoms with Gasteiger partial charge in [-0.15, -0.1) is 6.58 Å². The lowest BCUT2D eigenvalue weighted by Crippen LogP contribution is -2.26. The predicted octanol–water partition coefficient (Wildman–Crippen LogP) is 2.29. The van der Waals surface area contributed by atoms with E-state index < -0.39 is 0 Å². The minimum atomic E-state index is 0.184. The standard InChI is InChI=1S/C14H18N2O/c1-4-11-9-14(17)16(10-11)13-8-6-5-7-12(13)15(2)3/h4-8,11H,1,9-10H2,2-3H3. The van der Waals surface area contributed by atoms with Crippen molar-refractivity contribution in [3.63, 3.8) is 0 Å². The van der Waals surface area contributed by atoms with Gasteiger partial charge in [-0.05, 0) is 12.1 Å². The zero-order valence-electron chi connectivity index (χ0n) is 10.4. The Morgan fingerprint density at radius 2 is 2.12 bits per heavy atom. The Morgan fingerprint density at radius 3 is 2.71 bits per heavy atom. The van der Waals surface area contributed by atoms with Gasteiger partial charge < -0.3 is 9.80 Å². The van der Waals surface area contributed by atoms with E-state index >= 15 is 0 Å². The number of carbonyl (C=O) groups excluding carboxylic acids is 1. The third-order valence-electron chi connectivity index (χ3n) is 3.14. The summed E-state index contributed by atoms with van der Waals surface area (Å²) in [6.07, 6.45) is 2.45. The molecule has 3 heteroatoms. The molecule has 0 saturated carbocycles. The molecule has 1 unspecified atom stereocenters. The van der Waals surface area contributed by atoms with E-state index in [1.54, 1.807) is 0 Å². The van der Waals surface area contributed by atoms with Crippen molar-refractivity contribution >= 4 is 17.3 Å². The molecule has 0 aliphatic carbocycles.